The number of nitrogens with one attached hydrogen (secondary N) is 3. The molecule has 0 spiro atoms. The molecule has 0 atom stereocenters. The number of carbonyl (C=O) groups excluding carboxylic acids is 1. The topological polar surface area (TPSA) is 69.3 Å². The molecule has 0 saturated carbocycles. The molecule has 2 aromatic carbocycles. The van der Waals surface area contributed by atoms with Gasteiger partial charge in [0.1, 0.15) is 0 Å². The lowest BCUT2D eigenvalue weighted by atomic mass is 10.1. The minimum absolute atomic E-state index is 0.247. The average molecular weight is 342 g/mol. The van der Waals surface area contributed by atoms with Crippen LogP contribution in [-0.2, 0) is 6.42 Å². The summed E-state index contributed by atoms with van der Waals surface area (Å²) in [5.41, 5.74) is 8.26. The van der Waals surface area contributed by atoms with Crippen LogP contribution in [0, 0.1) is 0 Å². The molecule has 0 aliphatic heterocycles. The molecule has 0 radical (unpaired) electrons. The van der Waals surface area contributed by atoms with E-state index < -0.39 is 0 Å². The van der Waals surface area contributed by atoms with E-state index >= 15 is 0 Å². The maximum Gasteiger partial charge on any atom is 0.271 e. The molecule has 5 heteroatoms. The summed E-state index contributed by atoms with van der Waals surface area (Å²) in [4.78, 5) is 15.5. The van der Waals surface area contributed by atoms with E-state index in [0.717, 1.165) is 29.1 Å². The number of allylic oxidation sites excluding steroid dienone is 1. The molecule has 5 nitrogen and oxygen atoms in total. The van der Waals surface area contributed by atoms with Crippen molar-refractivity contribution in [2.45, 2.75) is 6.42 Å². The number of H-pyrrole nitrogens is 1. The van der Waals surface area contributed by atoms with Gasteiger partial charge in [-0.05, 0) is 48.4 Å². The minimum Gasteiger partial charge on any atom is -0.361 e. The molecule has 0 bridgehead atoms. The monoisotopic (exact) mass is 342 g/mol. The number of carbonyl (C=O) groups is 1. The molecule has 1 heterocycles. The molecule has 1 aliphatic carbocycles. The van der Waals surface area contributed by atoms with Crippen molar-refractivity contribution in [3.05, 3.63) is 89.3 Å². The van der Waals surface area contributed by atoms with Crippen LogP contribution in [0.4, 0.5) is 11.4 Å². The number of aromatic nitrogens is 1. The number of amides is 1. The number of anilines is 2. The Hall–Kier alpha value is -3.60. The summed E-state index contributed by atoms with van der Waals surface area (Å²) in [7, 11) is 0. The van der Waals surface area contributed by atoms with Crippen LogP contribution in [-0.4, -0.2) is 17.1 Å². The Bertz CT molecular complexity index is 986. The molecule has 0 fully saturated rings. The van der Waals surface area contributed by atoms with E-state index in [2.05, 4.69) is 33.0 Å². The fraction of sp³-hybridized carbons (Fsp3) is 0.0476. The van der Waals surface area contributed by atoms with Crippen molar-refractivity contribution in [3.63, 3.8) is 0 Å². The van der Waals surface area contributed by atoms with Gasteiger partial charge in [0.25, 0.3) is 5.91 Å². The zero-order valence-electron chi connectivity index (χ0n) is 14.1. The minimum atomic E-state index is -0.247. The van der Waals surface area contributed by atoms with E-state index in [0.29, 0.717) is 5.56 Å². The first-order valence-corrected chi connectivity index (χ1v) is 8.42. The summed E-state index contributed by atoms with van der Waals surface area (Å²) in [6.45, 7) is 0. The Balaban J connectivity index is 1.41. The van der Waals surface area contributed by atoms with Crippen LogP contribution in [0.25, 0.3) is 6.08 Å². The summed E-state index contributed by atoms with van der Waals surface area (Å²) in [6, 6.07) is 17.2. The van der Waals surface area contributed by atoms with Gasteiger partial charge < -0.3 is 10.3 Å². The molecule has 4 rings (SSSR count). The van der Waals surface area contributed by atoms with Gasteiger partial charge in [-0.1, -0.05) is 30.3 Å². The van der Waals surface area contributed by atoms with E-state index in [1.807, 2.05) is 48.7 Å². The van der Waals surface area contributed by atoms with Crippen LogP contribution in [0.5, 0.6) is 0 Å². The van der Waals surface area contributed by atoms with Gasteiger partial charge in [0.15, 0.2) is 0 Å². The summed E-state index contributed by atoms with van der Waals surface area (Å²) in [5, 5.41) is 7.36. The van der Waals surface area contributed by atoms with Gasteiger partial charge >= 0.3 is 0 Å². The number of hydrogen-bond donors (Lipinski definition) is 3. The fourth-order valence-electron chi connectivity index (χ4n) is 2.92. The van der Waals surface area contributed by atoms with E-state index in [9.17, 15) is 4.79 Å². The first-order valence-electron chi connectivity index (χ1n) is 8.42. The molecular formula is C21H18N4O. The standard InChI is InChI=1S/C21H18N4O/c26-21(25-23-14-16-13-22-20-11-5-10-19(16)20)15-6-4-9-18(12-15)24-17-7-2-1-3-8-17/h1-9,11-14,22,24H,10H2,(H,25,26)/b23-14-. The highest BCUT2D eigenvalue weighted by Crippen LogP contribution is 2.21. The molecule has 26 heavy (non-hydrogen) atoms. The number of fused-ring (bicyclic) bond motifs is 1. The molecule has 1 aromatic heterocycles. The quantitative estimate of drug-likeness (QED) is 0.483. The van der Waals surface area contributed by atoms with Crippen molar-refractivity contribution in [2.24, 2.45) is 5.10 Å². The normalized spacial score (nSPS) is 12.3. The number of benzene rings is 2. The predicted octanol–water partition coefficient (Wildman–Crippen LogP) is 4.09. The second kappa shape index (κ2) is 7.11. The highest BCUT2D eigenvalue weighted by Gasteiger charge is 2.11. The number of hydrogen-bond acceptors (Lipinski definition) is 3. The van der Waals surface area contributed by atoms with Crippen molar-refractivity contribution in [1.82, 2.24) is 10.4 Å². The van der Waals surface area contributed by atoms with Crippen molar-refractivity contribution in [2.75, 3.05) is 5.32 Å². The highest BCUT2D eigenvalue weighted by atomic mass is 16.2. The molecule has 0 saturated heterocycles. The van der Waals surface area contributed by atoms with Crippen LogP contribution in [0.3, 0.4) is 0 Å². The average Bonchev–Trinajstić information content (AvgIpc) is 3.27. The first-order chi connectivity index (χ1) is 12.8. The number of nitrogens with zero attached hydrogens (tertiary/aromatic N) is 1. The molecule has 128 valence electrons. The van der Waals surface area contributed by atoms with Gasteiger partial charge in [-0.15, -0.1) is 0 Å². The van der Waals surface area contributed by atoms with Crippen LogP contribution in [0.2, 0.25) is 0 Å². The van der Waals surface area contributed by atoms with Crippen LogP contribution in [0.1, 0.15) is 27.2 Å². The second-order valence-electron chi connectivity index (χ2n) is 6.01. The van der Waals surface area contributed by atoms with Crippen LogP contribution in [0.15, 0.2) is 72.0 Å². The summed E-state index contributed by atoms with van der Waals surface area (Å²) < 4.78 is 0. The molecule has 3 aromatic rings. The van der Waals surface area contributed by atoms with Crippen molar-refractivity contribution in [1.29, 1.82) is 0 Å². The van der Waals surface area contributed by atoms with Crippen LogP contribution >= 0.6 is 0 Å². The Kier molecular flexibility index (Phi) is 4.35. The lowest BCUT2D eigenvalue weighted by molar-refractivity contribution is 0.0955. The van der Waals surface area contributed by atoms with E-state index in [4.69, 9.17) is 0 Å². The summed E-state index contributed by atoms with van der Waals surface area (Å²) in [5.74, 6) is -0.247. The lowest BCUT2D eigenvalue weighted by Gasteiger charge is -2.07. The van der Waals surface area contributed by atoms with Crippen molar-refractivity contribution < 1.29 is 4.79 Å². The van der Waals surface area contributed by atoms with E-state index in [-0.39, 0.29) is 5.91 Å². The molecular weight excluding hydrogens is 324 g/mol. The smallest absolute Gasteiger partial charge is 0.271 e. The van der Waals surface area contributed by atoms with E-state index in [1.165, 1.54) is 5.56 Å². The summed E-state index contributed by atoms with van der Waals surface area (Å²) >= 11 is 0. The third-order valence-electron chi connectivity index (χ3n) is 4.22. The van der Waals surface area contributed by atoms with Crippen molar-refractivity contribution in [3.8, 4) is 0 Å². The predicted molar refractivity (Wildman–Crippen MR) is 105 cm³/mol. The Morgan fingerprint density at radius 3 is 2.81 bits per heavy atom. The third kappa shape index (κ3) is 3.42. The summed E-state index contributed by atoms with van der Waals surface area (Å²) in [6.07, 6.45) is 8.61. The Labute approximate surface area is 151 Å². The molecule has 3 N–H and O–H groups in total. The van der Waals surface area contributed by atoms with Gasteiger partial charge in [0, 0.05) is 34.4 Å². The van der Waals surface area contributed by atoms with Gasteiger partial charge in [-0.3, -0.25) is 4.79 Å². The SMILES string of the molecule is O=C(N/N=C\c1c[nH]c2c1CC=C2)c1cccc(Nc2ccccc2)c1. The first kappa shape index (κ1) is 15.9. The zero-order valence-corrected chi connectivity index (χ0v) is 14.1. The highest BCUT2D eigenvalue weighted by molar-refractivity contribution is 5.96. The third-order valence-corrected chi connectivity index (χ3v) is 4.22. The maximum atomic E-state index is 12.3. The maximum absolute atomic E-state index is 12.3. The van der Waals surface area contributed by atoms with Gasteiger partial charge in [0.2, 0.25) is 0 Å². The van der Waals surface area contributed by atoms with E-state index in [1.54, 1.807) is 18.3 Å². The van der Waals surface area contributed by atoms with Gasteiger partial charge in [-0.25, -0.2) is 5.43 Å². The number of para-hydroxylation sites is 1. The molecule has 1 aliphatic rings. The second-order valence-corrected chi connectivity index (χ2v) is 6.01. The Morgan fingerprint density at radius 1 is 1.08 bits per heavy atom. The lowest BCUT2D eigenvalue weighted by Crippen LogP contribution is -2.17. The number of rotatable bonds is 5. The van der Waals surface area contributed by atoms with Crippen molar-refractivity contribution >= 4 is 29.6 Å². The van der Waals surface area contributed by atoms with Crippen LogP contribution < -0.4 is 10.7 Å². The van der Waals surface area contributed by atoms with Gasteiger partial charge in [0.05, 0.1) is 6.21 Å². The van der Waals surface area contributed by atoms with Gasteiger partial charge in [-0.2, -0.15) is 5.10 Å². The molecule has 1 amide bonds. The number of aromatic amines is 1. The fourth-order valence-corrected chi connectivity index (χ4v) is 2.92. The Morgan fingerprint density at radius 2 is 1.92 bits per heavy atom. The zero-order chi connectivity index (χ0) is 17.8. The largest absolute Gasteiger partial charge is 0.361 e. The number of hydrazone groups is 1. The molecule has 0 unspecified atom stereocenters.